The Kier molecular flexibility index (Phi) is 9.14. The lowest BCUT2D eigenvalue weighted by Crippen LogP contribution is -2.54. The molecule has 0 saturated carbocycles. The van der Waals surface area contributed by atoms with E-state index in [-0.39, 0.29) is 18.1 Å². The number of nitrogens with one attached hydrogen (secondary N) is 3. The molecule has 0 heterocycles. The molecule has 2 rings (SSSR count). The van der Waals surface area contributed by atoms with Crippen LogP contribution in [0.3, 0.4) is 0 Å². The Morgan fingerprint density at radius 2 is 1.77 bits per heavy atom. The van der Waals surface area contributed by atoms with E-state index in [9.17, 15) is 14.4 Å². The predicted molar refractivity (Wildman–Crippen MR) is 117 cm³/mol. The molecule has 31 heavy (non-hydrogen) atoms. The number of carbonyl (C=O) groups is 3. The second kappa shape index (κ2) is 11.8. The second-order valence-corrected chi connectivity index (χ2v) is 7.29. The first kappa shape index (κ1) is 24.0. The number of carbonyl (C=O) groups excluding carboxylic acids is 3. The van der Waals surface area contributed by atoms with Crippen molar-refractivity contribution in [2.75, 3.05) is 7.11 Å². The number of alkyl carbamates (subject to hydrolysis) is 1. The summed E-state index contributed by atoms with van der Waals surface area (Å²) in [5.74, 6) is -1.10. The summed E-state index contributed by atoms with van der Waals surface area (Å²) in [7, 11) is 1.42. The first-order chi connectivity index (χ1) is 14.8. The highest BCUT2D eigenvalue weighted by Gasteiger charge is 2.27. The molecule has 0 bridgehead atoms. The van der Waals surface area contributed by atoms with Gasteiger partial charge in [0.2, 0.25) is 0 Å². The first-order valence-electron chi connectivity index (χ1n) is 9.76. The number of hydrogen-bond donors (Lipinski definition) is 3. The van der Waals surface area contributed by atoms with Crippen LogP contribution in [0.15, 0.2) is 48.5 Å². The number of hydrogen-bond acceptors (Lipinski definition) is 5. The van der Waals surface area contributed by atoms with E-state index < -0.39 is 23.9 Å². The van der Waals surface area contributed by atoms with Crippen molar-refractivity contribution in [2.24, 2.45) is 5.92 Å². The van der Waals surface area contributed by atoms with Crippen molar-refractivity contribution in [3.05, 3.63) is 64.7 Å². The second-order valence-electron chi connectivity index (χ2n) is 6.86. The fourth-order valence-corrected chi connectivity index (χ4v) is 2.89. The summed E-state index contributed by atoms with van der Waals surface area (Å²) in [5, 5.41) is 2.91. The van der Waals surface area contributed by atoms with Gasteiger partial charge in [0, 0.05) is 5.02 Å². The molecule has 3 amide bonds. The molecule has 3 N–H and O–H groups in total. The van der Waals surface area contributed by atoms with Crippen LogP contribution in [0, 0.1) is 5.92 Å². The monoisotopic (exact) mass is 447 g/mol. The average Bonchev–Trinajstić information content (AvgIpc) is 2.79. The Morgan fingerprint density at radius 3 is 2.42 bits per heavy atom. The van der Waals surface area contributed by atoms with E-state index in [1.807, 2.05) is 44.2 Å². The molecule has 0 aliphatic rings. The minimum atomic E-state index is -0.908. The van der Waals surface area contributed by atoms with Crippen LogP contribution in [0.4, 0.5) is 4.79 Å². The lowest BCUT2D eigenvalue weighted by atomic mass is 9.99. The molecule has 0 aromatic heterocycles. The largest absolute Gasteiger partial charge is 0.496 e. The predicted octanol–water partition coefficient (Wildman–Crippen LogP) is 3.45. The molecule has 166 valence electrons. The molecule has 8 nitrogen and oxygen atoms in total. The van der Waals surface area contributed by atoms with E-state index in [1.165, 1.54) is 13.2 Å². The lowest BCUT2D eigenvalue weighted by molar-refractivity contribution is -0.125. The molecule has 9 heteroatoms. The molecule has 2 aromatic carbocycles. The van der Waals surface area contributed by atoms with Crippen LogP contribution in [0.25, 0.3) is 0 Å². The van der Waals surface area contributed by atoms with Gasteiger partial charge in [-0.15, -0.1) is 0 Å². The van der Waals surface area contributed by atoms with Crippen LogP contribution in [0.2, 0.25) is 5.02 Å². The van der Waals surface area contributed by atoms with Gasteiger partial charge in [-0.2, -0.15) is 0 Å². The zero-order valence-electron chi connectivity index (χ0n) is 17.6. The number of hydrazine groups is 1. The summed E-state index contributed by atoms with van der Waals surface area (Å²) in [6.45, 7) is 3.77. The summed E-state index contributed by atoms with van der Waals surface area (Å²) in [6, 6.07) is 12.8. The third-order valence-corrected chi connectivity index (χ3v) is 4.92. The fourth-order valence-electron chi connectivity index (χ4n) is 2.71. The molecule has 0 radical (unpaired) electrons. The maximum Gasteiger partial charge on any atom is 0.408 e. The van der Waals surface area contributed by atoms with Crippen molar-refractivity contribution in [3.63, 3.8) is 0 Å². The van der Waals surface area contributed by atoms with Gasteiger partial charge >= 0.3 is 6.09 Å². The van der Waals surface area contributed by atoms with Gasteiger partial charge in [0.15, 0.2) is 0 Å². The summed E-state index contributed by atoms with van der Waals surface area (Å²) in [4.78, 5) is 37.3. The Bertz CT molecular complexity index is 907. The minimum Gasteiger partial charge on any atom is -0.496 e. The van der Waals surface area contributed by atoms with E-state index in [0.29, 0.717) is 17.2 Å². The van der Waals surface area contributed by atoms with E-state index in [2.05, 4.69) is 16.2 Å². The summed E-state index contributed by atoms with van der Waals surface area (Å²) < 4.78 is 10.3. The topological polar surface area (TPSA) is 106 Å². The van der Waals surface area contributed by atoms with E-state index in [1.54, 1.807) is 12.1 Å². The van der Waals surface area contributed by atoms with Crippen molar-refractivity contribution >= 4 is 29.5 Å². The maximum absolute atomic E-state index is 12.7. The number of halogens is 1. The van der Waals surface area contributed by atoms with Gasteiger partial charge in [0.25, 0.3) is 11.8 Å². The maximum atomic E-state index is 12.7. The van der Waals surface area contributed by atoms with Gasteiger partial charge in [-0.3, -0.25) is 20.4 Å². The number of rotatable bonds is 8. The standard InChI is InChI=1S/C22H26ClN3O5/c1-4-14(2)19(24-22(29)31-13-15-8-6-5-7-9-15)21(28)26-25-20(27)17-12-16(23)10-11-18(17)30-3/h5-12,14,19H,4,13H2,1-3H3,(H,24,29)(H,25,27)(H,26,28)/t14-,19+/m0/s1. The van der Waals surface area contributed by atoms with Crippen LogP contribution >= 0.6 is 11.6 Å². The van der Waals surface area contributed by atoms with Gasteiger partial charge in [-0.1, -0.05) is 62.2 Å². The molecule has 0 aliphatic heterocycles. The van der Waals surface area contributed by atoms with Crippen LogP contribution in [-0.4, -0.2) is 31.1 Å². The molecule has 0 fully saturated rings. The normalized spacial score (nSPS) is 12.3. The Hall–Kier alpha value is -3.26. The van der Waals surface area contributed by atoms with Crippen molar-refractivity contribution < 1.29 is 23.9 Å². The fraction of sp³-hybridized carbons (Fsp3) is 0.318. The van der Waals surface area contributed by atoms with Crippen LogP contribution in [0.1, 0.15) is 36.2 Å². The van der Waals surface area contributed by atoms with Crippen molar-refractivity contribution in [3.8, 4) is 5.75 Å². The highest BCUT2D eigenvalue weighted by atomic mass is 35.5. The summed E-state index contributed by atoms with van der Waals surface area (Å²) >= 11 is 5.94. The minimum absolute atomic E-state index is 0.0762. The molecule has 0 aliphatic carbocycles. The lowest BCUT2D eigenvalue weighted by Gasteiger charge is -2.23. The van der Waals surface area contributed by atoms with E-state index >= 15 is 0 Å². The van der Waals surface area contributed by atoms with Crippen molar-refractivity contribution in [2.45, 2.75) is 32.9 Å². The van der Waals surface area contributed by atoms with Gasteiger partial charge in [0.1, 0.15) is 18.4 Å². The van der Waals surface area contributed by atoms with E-state index in [0.717, 1.165) is 5.56 Å². The Labute approximate surface area is 186 Å². The summed E-state index contributed by atoms with van der Waals surface area (Å²) in [6.07, 6.45) is -0.111. The Morgan fingerprint density at radius 1 is 1.06 bits per heavy atom. The molecular weight excluding hydrogens is 422 g/mol. The number of amides is 3. The van der Waals surface area contributed by atoms with Gasteiger partial charge in [-0.05, 0) is 29.7 Å². The molecular formula is C22H26ClN3O5. The average molecular weight is 448 g/mol. The zero-order valence-corrected chi connectivity index (χ0v) is 18.4. The molecule has 0 saturated heterocycles. The van der Waals surface area contributed by atoms with Gasteiger partial charge < -0.3 is 14.8 Å². The van der Waals surface area contributed by atoms with E-state index in [4.69, 9.17) is 21.1 Å². The molecule has 2 atom stereocenters. The van der Waals surface area contributed by atoms with Crippen LogP contribution < -0.4 is 20.9 Å². The SMILES string of the molecule is CC[C@H](C)[C@@H](NC(=O)OCc1ccccc1)C(=O)NNC(=O)c1cc(Cl)ccc1OC. The molecule has 2 aromatic rings. The quantitative estimate of drug-likeness (QED) is 0.537. The molecule has 0 spiro atoms. The highest BCUT2D eigenvalue weighted by molar-refractivity contribution is 6.31. The highest BCUT2D eigenvalue weighted by Crippen LogP contribution is 2.22. The van der Waals surface area contributed by atoms with Crippen LogP contribution in [-0.2, 0) is 16.1 Å². The number of benzene rings is 2. The van der Waals surface area contributed by atoms with Gasteiger partial charge in [0.05, 0.1) is 12.7 Å². The third kappa shape index (κ3) is 7.18. The van der Waals surface area contributed by atoms with Crippen molar-refractivity contribution in [1.82, 2.24) is 16.2 Å². The number of ether oxygens (including phenoxy) is 2. The number of methoxy groups -OCH3 is 1. The van der Waals surface area contributed by atoms with Crippen molar-refractivity contribution in [1.29, 1.82) is 0 Å². The Balaban J connectivity index is 1.97. The molecule has 0 unspecified atom stereocenters. The van der Waals surface area contributed by atoms with Crippen LogP contribution in [0.5, 0.6) is 5.75 Å². The van der Waals surface area contributed by atoms with Gasteiger partial charge in [-0.25, -0.2) is 4.79 Å². The zero-order chi connectivity index (χ0) is 22.8. The smallest absolute Gasteiger partial charge is 0.408 e. The summed E-state index contributed by atoms with van der Waals surface area (Å²) in [5.41, 5.74) is 5.64. The first-order valence-corrected chi connectivity index (χ1v) is 10.1. The third-order valence-electron chi connectivity index (χ3n) is 4.69.